The first-order valence-electron chi connectivity index (χ1n) is 8.73. The van der Waals surface area contributed by atoms with E-state index in [-0.39, 0.29) is 4.90 Å². The zero-order valence-corrected chi connectivity index (χ0v) is 19.0. The van der Waals surface area contributed by atoms with Crippen LogP contribution in [0.25, 0.3) is 0 Å². The van der Waals surface area contributed by atoms with E-state index in [0.717, 1.165) is 10.0 Å². The number of nitrogens with one attached hydrogen (secondary N) is 1. The number of benzene rings is 3. The van der Waals surface area contributed by atoms with Gasteiger partial charge in [0, 0.05) is 9.50 Å². The Hall–Kier alpha value is -2.55. The van der Waals surface area contributed by atoms with Crippen molar-refractivity contribution in [1.29, 1.82) is 0 Å². The highest BCUT2D eigenvalue weighted by atomic mass is 79.9. The van der Waals surface area contributed by atoms with Crippen LogP contribution >= 0.6 is 27.5 Å². The Morgan fingerprint density at radius 1 is 1.03 bits per heavy atom. The maximum atomic E-state index is 12.3. The van der Waals surface area contributed by atoms with Gasteiger partial charge in [-0.3, -0.25) is 0 Å². The third-order valence-corrected chi connectivity index (χ3v) is 6.02. The summed E-state index contributed by atoms with van der Waals surface area (Å²) in [6, 6.07) is 18.8. The Bertz CT molecular complexity index is 1130. The monoisotopic (exact) mass is 508 g/mol. The summed E-state index contributed by atoms with van der Waals surface area (Å²) >= 11 is 9.19. The van der Waals surface area contributed by atoms with Crippen LogP contribution in [0, 0.1) is 0 Å². The van der Waals surface area contributed by atoms with E-state index in [2.05, 4.69) is 25.9 Å². The number of sulfonamides is 1. The van der Waals surface area contributed by atoms with Gasteiger partial charge in [0.15, 0.2) is 11.5 Å². The van der Waals surface area contributed by atoms with Crippen LogP contribution in [0.2, 0.25) is 5.02 Å². The van der Waals surface area contributed by atoms with Crippen molar-refractivity contribution in [3.8, 4) is 11.5 Å². The Morgan fingerprint density at radius 3 is 2.40 bits per heavy atom. The number of hydrazone groups is 1. The lowest BCUT2D eigenvalue weighted by atomic mass is 10.2. The molecule has 1 N–H and O–H groups in total. The summed E-state index contributed by atoms with van der Waals surface area (Å²) in [5, 5.41) is 4.29. The first kappa shape index (κ1) is 22.1. The molecule has 3 rings (SSSR count). The van der Waals surface area contributed by atoms with E-state index in [4.69, 9.17) is 21.1 Å². The molecule has 0 heterocycles. The van der Waals surface area contributed by atoms with Crippen molar-refractivity contribution in [1.82, 2.24) is 4.83 Å². The lowest BCUT2D eigenvalue weighted by molar-refractivity contribution is 0.284. The van der Waals surface area contributed by atoms with Crippen LogP contribution in [0.3, 0.4) is 0 Å². The quantitative estimate of drug-likeness (QED) is 0.342. The van der Waals surface area contributed by atoms with Crippen LogP contribution < -0.4 is 14.3 Å². The molecule has 0 bridgehead atoms. The Morgan fingerprint density at radius 2 is 1.73 bits per heavy atom. The summed E-state index contributed by atoms with van der Waals surface area (Å²) in [7, 11) is -2.23. The van der Waals surface area contributed by atoms with E-state index in [1.165, 1.54) is 30.5 Å². The van der Waals surface area contributed by atoms with E-state index in [1.807, 2.05) is 24.3 Å². The second kappa shape index (κ2) is 9.97. The summed E-state index contributed by atoms with van der Waals surface area (Å²) in [6.07, 6.45) is 1.39. The lowest BCUT2D eigenvalue weighted by Gasteiger charge is -2.11. The fourth-order valence-electron chi connectivity index (χ4n) is 2.46. The van der Waals surface area contributed by atoms with E-state index in [0.29, 0.717) is 28.7 Å². The molecule has 0 saturated heterocycles. The minimum atomic E-state index is -3.79. The van der Waals surface area contributed by atoms with E-state index in [9.17, 15) is 8.42 Å². The molecular formula is C21H18BrClN2O4S. The molecular weight excluding hydrogens is 492 g/mol. The summed E-state index contributed by atoms with van der Waals surface area (Å²) in [5.41, 5.74) is 1.63. The van der Waals surface area contributed by atoms with Crippen molar-refractivity contribution < 1.29 is 17.9 Å². The smallest absolute Gasteiger partial charge is 0.276 e. The topological polar surface area (TPSA) is 77.0 Å². The van der Waals surface area contributed by atoms with Crippen molar-refractivity contribution in [3.63, 3.8) is 0 Å². The fourth-order valence-corrected chi connectivity index (χ4v) is 3.65. The molecule has 0 amide bonds. The predicted octanol–water partition coefficient (Wildman–Crippen LogP) is 5.00. The normalized spacial score (nSPS) is 11.4. The SMILES string of the molecule is COc1ccc(C=NNS(=O)(=O)c2ccc(Cl)cc2)cc1OCc1ccc(Br)cc1. The van der Waals surface area contributed by atoms with E-state index in [1.54, 1.807) is 25.3 Å². The Balaban J connectivity index is 1.70. The van der Waals surface area contributed by atoms with Crippen molar-refractivity contribution in [2.45, 2.75) is 11.5 Å². The average molecular weight is 510 g/mol. The highest BCUT2D eigenvalue weighted by Gasteiger charge is 2.12. The third kappa shape index (κ3) is 5.98. The van der Waals surface area contributed by atoms with Crippen LogP contribution in [0.15, 0.2) is 81.2 Å². The average Bonchev–Trinajstić information content (AvgIpc) is 2.73. The molecule has 156 valence electrons. The van der Waals surface area contributed by atoms with Gasteiger partial charge in [-0.2, -0.15) is 13.5 Å². The molecule has 0 saturated carbocycles. The summed E-state index contributed by atoms with van der Waals surface area (Å²) in [6.45, 7) is 0.355. The highest BCUT2D eigenvalue weighted by molar-refractivity contribution is 9.10. The molecule has 3 aromatic carbocycles. The van der Waals surface area contributed by atoms with Gasteiger partial charge >= 0.3 is 0 Å². The molecule has 0 atom stereocenters. The minimum Gasteiger partial charge on any atom is -0.493 e. The van der Waals surface area contributed by atoms with Crippen molar-refractivity contribution in [3.05, 3.63) is 87.4 Å². The molecule has 30 heavy (non-hydrogen) atoms. The van der Waals surface area contributed by atoms with Crippen molar-refractivity contribution >= 4 is 43.8 Å². The number of halogens is 2. The predicted molar refractivity (Wildman–Crippen MR) is 121 cm³/mol. The molecule has 0 unspecified atom stereocenters. The number of rotatable bonds is 8. The summed E-state index contributed by atoms with van der Waals surface area (Å²) in [4.78, 5) is 2.24. The first-order valence-corrected chi connectivity index (χ1v) is 11.4. The molecule has 6 nitrogen and oxygen atoms in total. The standard InChI is InChI=1S/C21H18BrClN2O4S/c1-28-20-11-4-16(12-21(20)29-14-15-2-5-17(22)6-3-15)13-24-25-30(26,27)19-9-7-18(23)8-10-19/h2-13,25H,14H2,1H3. The van der Waals surface area contributed by atoms with E-state index < -0.39 is 10.0 Å². The number of nitrogens with zero attached hydrogens (tertiary/aromatic N) is 1. The second-order valence-electron chi connectivity index (χ2n) is 6.13. The number of ether oxygens (including phenoxy) is 2. The third-order valence-electron chi connectivity index (χ3n) is 4.01. The summed E-state index contributed by atoms with van der Waals surface area (Å²) in [5.74, 6) is 1.08. The highest BCUT2D eigenvalue weighted by Crippen LogP contribution is 2.28. The van der Waals surface area contributed by atoms with Gasteiger partial charge in [-0.05, 0) is 65.7 Å². The number of methoxy groups -OCH3 is 1. The van der Waals surface area contributed by atoms with Crippen molar-refractivity contribution in [2.75, 3.05) is 7.11 Å². The van der Waals surface area contributed by atoms with Crippen LogP contribution in [0.4, 0.5) is 0 Å². The molecule has 0 aliphatic carbocycles. The second-order valence-corrected chi connectivity index (χ2v) is 9.15. The van der Waals surface area contributed by atoms with E-state index >= 15 is 0 Å². The molecule has 0 spiro atoms. The fraction of sp³-hybridized carbons (Fsp3) is 0.0952. The van der Waals surface area contributed by atoms with Gasteiger partial charge < -0.3 is 9.47 Å². The first-order chi connectivity index (χ1) is 14.4. The van der Waals surface area contributed by atoms with Crippen LogP contribution in [-0.2, 0) is 16.6 Å². The maximum absolute atomic E-state index is 12.3. The lowest BCUT2D eigenvalue weighted by Crippen LogP contribution is -2.18. The molecule has 3 aromatic rings. The van der Waals surface area contributed by atoms with Gasteiger partial charge in [0.25, 0.3) is 10.0 Å². The van der Waals surface area contributed by atoms with Crippen LogP contribution in [-0.4, -0.2) is 21.7 Å². The van der Waals surface area contributed by atoms with Crippen molar-refractivity contribution in [2.24, 2.45) is 5.10 Å². The van der Waals surface area contributed by atoms with Gasteiger partial charge in [-0.15, -0.1) is 0 Å². The minimum absolute atomic E-state index is 0.0669. The maximum Gasteiger partial charge on any atom is 0.276 e. The van der Waals surface area contributed by atoms with Crippen LogP contribution in [0.5, 0.6) is 11.5 Å². The molecule has 0 aromatic heterocycles. The molecule has 0 aliphatic heterocycles. The zero-order chi connectivity index (χ0) is 21.6. The molecule has 9 heteroatoms. The zero-order valence-electron chi connectivity index (χ0n) is 15.9. The molecule has 0 aliphatic rings. The largest absolute Gasteiger partial charge is 0.493 e. The molecule has 0 radical (unpaired) electrons. The van der Waals surface area contributed by atoms with Gasteiger partial charge in [-0.1, -0.05) is 39.7 Å². The Kier molecular flexibility index (Phi) is 7.36. The molecule has 0 fully saturated rings. The van der Waals surface area contributed by atoms with Gasteiger partial charge in [0.05, 0.1) is 18.2 Å². The number of hydrogen-bond acceptors (Lipinski definition) is 5. The van der Waals surface area contributed by atoms with Gasteiger partial charge in [0.1, 0.15) is 6.61 Å². The summed E-state index contributed by atoms with van der Waals surface area (Å²) < 4.78 is 36.7. The van der Waals surface area contributed by atoms with Gasteiger partial charge in [0.2, 0.25) is 0 Å². The van der Waals surface area contributed by atoms with Crippen LogP contribution in [0.1, 0.15) is 11.1 Å². The number of hydrogen-bond donors (Lipinski definition) is 1. The Labute approximate surface area is 188 Å². The van der Waals surface area contributed by atoms with Gasteiger partial charge in [-0.25, -0.2) is 4.83 Å².